The maximum absolute atomic E-state index is 12.2. The summed E-state index contributed by atoms with van der Waals surface area (Å²) in [5.74, 6) is -1.77. The Hall–Kier alpha value is -1.91. The van der Waals surface area contributed by atoms with Crippen LogP contribution in [0.1, 0.15) is 44.5 Å². The van der Waals surface area contributed by atoms with Crippen LogP contribution in [0.15, 0.2) is 18.3 Å². The molecule has 1 saturated heterocycles. The second-order valence-corrected chi connectivity index (χ2v) is 6.26. The van der Waals surface area contributed by atoms with Crippen LogP contribution in [0.2, 0.25) is 0 Å². The van der Waals surface area contributed by atoms with Crippen LogP contribution >= 0.6 is 0 Å². The average molecular weight is 276 g/mol. The molecule has 5 nitrogen and oxygen atoms in total. The first-order valence-electron chi connectivity index (χ1n) is 6.69. The molecule has 1 aliphatic rings. The molecule has 2 rings (SSSR count). The number of aryl methyl sites for hydroxylation is 1. The fourth-order valence-corrected chi connectivity index (χ4v) is 2.78. The number of likely N-dealkylation sites (tertiary alicyclic amines) is 1. The molecule has 20 heavy (non-hydrogen) atoms. The minimum absolute atomic E-state index is 0.0468. The van der Waals surface area contributed by atoms with Crippen molar-refractivity contribution < 1.29 is 14.7 Å². The standard InChI is InChI=1S/C15H20N2O3/c1-9-5-6-10(8-16-9)13-11(14(19)20)7-12(18)17(13)15(2,3)4/h5-6,8,11,13H,7H2,1-4H3,(H,19,20). The quantitative estimate of drug-likeness (QED) is 0.898. The van der Waals surface area contributed by atoms with Gasteiger partial charge in [-0.05, 0) is 39.3 Å². The van der Waals surface area contributed by atoms with E-state index in [1.165, 1.54) is 0 Å². The Balaban J connectivity index is 2.49. The van der Waals surface area contributed by atoms with Crippen molar-refractivity contribution in [2.45, 2.75) is 45.7 Å². The van der Waals surface area contributed by atoms with Gasteiger partial charge < -0.3 is 10.0 Å². The van der Waals surface area contributed by atoms with E-state index < -0.39 is 23.5 Å². The van der Waals surface area contributed by atoms with Crippen LogP contribution in [-0.4, -0.2) is 32.4 Å². The first kappa shape index (κ1) is 14.5. The molecule has 2 atom stereocenters. The second kappa shape index (κ2) is 4.89. The number of amides is 1. The summed E-state index contributed by atoms with van der Waals surface area (Å²) in [6, 6.07) is 3.26. The summed E-state index contributed by atoms with van der Waals surface area (Å²) < 4.78 is 0. The van der Waals surface area contributed by atoms with Crippen molar-refractivity contribution in [2.24, 2.45) is 5.92 Å². The lowest BCUT2D eigenvalue weighted by molar-refractivity contribution is -0.142. The number of carbonyl (C=O) groups is 2. The number of nitrogens with zero attached hydrogens (tertiary/aromatic N) is 2. The van der Waals surface area contributed by atoms with Gasteiger partial charge in [-0.1, -0.05) is 6.07 Å². The fraction of sp³-hybridized carbons (Fsp3) is 0.533. The van der Waals surface area contributed by atoms with Crippen molar-refractivity contribution in [2.75, 3.05) is 0 Å². The van der Waals surface area contributed by atoms with Gasteiger partial charge in [0.2, 0.25) is 5.91 Å². The minimum atomic E-state index is -0.935. The van der Waals surface area contributed by atoms with Gasteiger partial charge in [0.05, 0.1) is 12.0 Å². The molecule has 2 unspecified atom stereocenters. The molecule has 2 heterocycles. The van der Waals surface area contributed by atoms with Gasteiger partial charge in [0.1, 0.15) is 0 Å². The number of rotatable bonds is 2. The second-order valence-electron chi connectivity index (χ2n) is 6.26. The third-order valence-electron chi connectivity index (χ3n) is 3.64. The molecule has 0 spiro atoms. The van der Waals surface area contributed by atoms with E-state index in [0.717, 1.165) is 11.3 Å². The lowest BCUT2D eigenvalue weighted by atomic mass is 9.92. The molecular formula is C15H20N2O3. The smallest absolute Gasteiger partial charge is 0.309 e. The number of aromatic nitrogens is 1. The van der Waals surface area contributed by atoms with Gasteiger partial charge in [0.15, 0.2) is 0 Å². The first-order chi connectivity index (χ1) is 9.21. The van der Waals surface area contributed by atoms with E-state index in [2.05, 4.69) is 4.98 Å². The van der Waals surface area contributed by atoms with Gasteiger partial charge in [-0.3, -0.25) is 14.6 Å². The number of hydrogen-bond acceptors (Lipinski definition) is 3. The van der Waals surface area contributed by atoms with Crippen molar-refractivity contribution in [1.82, 2.24) is 9.88 Å². The van der Waals surface area contributed by atoms with Crippen LogP contribution in [0.4, 0.5) is 0 Å². The molecule has 0 saturated carbocycles. The van der Waals surface area contributed by atoms with Crippen molar-refractivity contribution in [1.29, 1.82) is 0 Å². The summed E-state index contributed by atoms with van der Waals surface area (Å²) in [4.78, 5) is 29.6. The molecule has 1 fully saturated rings. The maximum Gasteiger partial charge on any atom is 0.309 e. The summed E-state index contributed by atoms with van der Waals surface area (Å²) in [6.07, 6.45) is 1.72. The topological polar surface area (TPSA) is 70.5 Å². The fourth-order valence-electron chi connectivity index (χ4n) is 2.78. The van der Waals surface area contributed by atoms with Gasteiger partial charge in [-0.2, -0.15) is 0 Å². The Kier molecular flexibility index (Phi) is 3.54. The first-order valence-corrected chi connectivity index (χ1v) is 6.69. The molecular weight excluding hydrogens is 256 g/mol. The highest BCUT2D eigenvalue weighted by atomic mass is 16.4. The molecule has 0 aliphatic carbocycles. The minimum Gasteiger partial charge on any atom is -0.481 e. The summed E-state index contributed by atoms with van der Waals surface area (Å²) in [5.41, 5.74) is 1.23. The van der Waals surface area contributed by atoms with Gasteiger partial charge >= 0.3 is 5.97 Å². The van der Waals surface area contributed by atoms with E-state index in [4.69, 9.17) is 0 Å². The van der Waals surface area contributed by atoms with Gasteiger partial charge in [0, 0.05) is 23.9 Å². The number of carboxylic acids is 1. The normalized spacial score (nSPS) is 23.2. The monoisotopic (exact) mass is 276 g/mol. The predicted molar refractivity (Wildman–Crippen MR) is 74.1 cm³/mol. The molecule has 0 bridgehead atoms. The lowest BCUT2D eigenvalue weighted by Gasteiger charge is -2.38. The predicted octanol–water partition coefficient (Wildman–Crippen LogP) is 2.16. The Morgan fingerprint density at radius 2 is 2.05 bits per heavy atom. The molecule has 1 aromatic rings. The van der Waals surface area contributed by atoms with Gasteiger partial charge in [0.25, 0.3) is 0 Å². The van der Waals surface area contributed by atoms with Crippen LogP contribution in [0, 0.1) is 12.8 Å². The highest BCUT2D eigenvalue weighted by Gasteiger charge is 2.48. The zero-order valence-corrected chi connectivity index (χ0v) is 12.3. The van der Waals surface area contributed by atoms with Crippen molar-refractivity contribution in [3.05, 3.63) is 29.6 Å². The highest BCUT2D eigenvalue weighted by molar-refractivity contribution is 5.87. The number of aliphatic carboxylic acids is 1. The summed E-state index contributed by atoms with van der Waals surface area (Å²) in [5, 5.41) is 9.40. The molecule has 0 aromatic carbocycles. The van der Waals surface area contributed by atoms with Gasteiger partial charge in [-0.15, -0.1) is 0 Å². The molecule has 108 valence electrons. The molecule has 5 heteroatoms. The van der Waals surface area contributed by atoms with E-state index in [9.17, 15) is 14.7 Å². The van der Waals surface area contributed by atoms with E-state index in [1.54, 1.807) is 11.1 Å². The lowest BCUT2D eigenvalue weighted by Crippen LogP contribution is -2.44. The SMILES string of the molecule is Cc1ccc(C2C(C(=O)O)CC(=O)N2C(C)(C)C)cn1. The summed E-state index contributed by atoms with van der Waals surface area (Å²) in [7, 11) is 0. The Morgan fingerprint density at radius 1 is 1.40 bits per heavy atom. The van der Waals surface area contributed by atoms with E-state index >= 15 is 0 Å². The Morgan fingerprint density at radius 3 is 2.50 bits per heavy atom. The van der Waals surface area contributed by atoms with E-state index in [0.29, 0.717) is 0 Å². The van der Waals surface area contributed by atoms with Crippen LogP contribution < -0.4 is 0 Å². The number of hydrogen-bond donors (Lipinski definition) is 1. The molecule has 1 aliphatic heterocycles. The molecule has 1 amide bonds. The van der Waals surface area contributed by atoms with Crippen LogP contribution in [0.25, 0.3) is 0 Å². The van der Waals surface area contributed by atoms with Crippen LogP contribution in [0.5, 0.6) is 0 Å². The van der Waals surface area contributed by atoms with Crippen molar-refractivity contribution in [3.8, 4) is 0 Å². The maximum atomic E-state index is 12.2. The van der Waals surface area contributed by atoms with Crippen molar-refractivity contribution in [3.63, 3.8) is 0 Å². The zero-order chi connectivity index (χ0) is 15.1. The van der Waals surface area contributed by atoms with E-state index in [-0.39, 0.29) is 12.3 Å². The van der Waals surface area contributed by atoms with Gasteiger partial charge in [-0.25, -0.2) is 0 Å². The summed E-state index contributed by atoms with van der Waals surface area (Å²) >= 11 is 0. The van der Waals surface area contributed by atoms with Crippen LogP contribution in [0.3, 0.4) is 0 Å². The summed E-state index contributed by atoms with van der Waals surface area (Å²) in [6.45, 7) is 7.64. The molecule has 1 aromatic heterocycles. The molecule has 0 radical (unpaired) electrons. The zero-order valence-electron chi connectivity index (χ0n) is 12.3. The Labute approximate surface area is 118 Å². The number of carbonyl (C=O) groups excluding carboxylic acids is 1. The largest absolute Gasteiger partial charge is 0.481 e. The van der Waals surface area contributed by atoms with Crippen LogP contribution in [-0.2, 0) is 9.59 Å². The molecule has 1 N–H and O–H groups in total. The highest BCUT2D eigenvalue weighted by Crippen LogP contribution is 2.42. The van der Waals surface area contributed by atoms with E-state index in [1.807, 2.05) is 39.8 Å². The third-order valence-corrected chi connectivity index (χ3v) is 3.64. The third kappa shape index (κ3) is 2.53. The van der Waals surface area contributed by atoms with Crippen molar-refractivity contribution >= 4 is 11.9 Å². The Bertz CT molecular complexity index is 531. The number of pyridine rings is 1. The number of carboxylic acid groups (broad SMARTS) is 1. The average Bonchev–Trinajstić information content (AvgIpc) is 2.67.